The SMILES string of the molecule is CCOc1ccc([S+](c2ccc(OCC)cc2)c2ccc(F)cc2F)cc1. The van der Waals surface area contributed by atoms with Crippen LogP contribution in [0.15, 0.2) is 81.4 Å². The summed E-state index contributed by atoms with van der Waals surface area (Å²) in [6, 6.07) is 18.9. The normalized spacial score (nSPS) is 10.9. The Kier molecular flexibility index (Phi) is 6.35. The van der Waals surface area contributed by atoms with Gasteiger partial charge >= 0.3 is 0 Å². The van der Waals surface area contributed by atoms with Gasteiger partial charge < -0.3 is 9.47 Å². The van der Waals surface area contributed by atoms with Gasteiger partial charge in [0.15, 0.2) is 15.6 Å². The van der Waals surface area contributed by atoms with Gasteiger partial charge in [-0.2, -0.15) is 0 Å². The number of rotatable bonds is 7. The minimum Gasteiger partial charge on any atom is -0.494 e. The van der Waals surface area contributed by atoms with Gasteiger partial charge in [0.05, 0.1) is 13.2 Å². The predicted molar refractivity (Wildman–Crippen MR) is 104 cm³/mol. The maximum Gasteiger partial charge on any atom is 0.202 e. The van der Waals surface area contributed by atoms with Gasteiger partial charge in [0, 0.05) is 12.1 Å². The Morgan fingerprint density at radius 3 is 1.59 bits per heavy atom. The van der Waals surface area contributed by atoms with Crippen LogP contribution in [0.3, 0.4) is 0 Å². The Balaban J connectivity index is 2.05. The molecule has 0 N–H and O–H groups in total. The van der Waals surface area contributed by atoms with Crippen LogP contribution >= 0.6 is 0 Å². The highest BCUT2D eigenvalue weighted by atomic mass is 32.2. The number of ether oxygens (including phenoxy) is 2. The molecule has 3 aromatic carbocycles. The van der Waals surface area contributed by atoms with Crippen molar-refractivity contribution >= 4 is 10.9 Å². The molecule has 0 spiro atoms. The molecule has 140 valence electrons. The highest BCUT2D eigenvalue weighted by molar-refractivity contribution is 7.97. The molecule has 5 heteroatoms. The topological polar surface area (TPSA) is 18.5 Å². The summed E-state index contributed by atoms with van der Waals surface area (Å²) in [5.41, 5.74) is 0. The Labute approximate surface area is 161 Å². The first-order valence-corrected chi connectivity index (χ1v) is 10.00. The molecule has 2 nitrogen and oxygen atoms in total. The van der Waals surface area contributed by atoms with Gasteiger partial charge in [0.1, 0.15) is 28.2 Å². The van der Waals surface area contributed by atoms with Gasteiger partial charge in [-0.3, -0.25) is 0 Å². The van der Waals surface area contributed by atoms with E-state index >= 15 is 0 Å². The summed E-state index contributed by atoms with van der Waals surface area (Å²) in [6.07, 6.45) is 0. The third kappa shape index (κ3) is 4.61. The molecule has 0 bridgehead atoms. The quantitative estimate of drug-likeness (QED) is 0.473. The third-order valence-corrected chi connectivity index (χ3v) is 6.11. The van der Waals surface area contributed by atoms with Crippen molar-refractivity contribution in [2.24, 2.45) is 0 Å². The maximum atomic E-state index is 14.6. The summed E-state index contributed by atoms with van der Waals surface area (Å²) in [6.45, 7) is 5.01. The van der Waals surface area contributed by atoms with Gasteiger partial charge in [-0.1, -0.05) is 0 Å². The number of halogens is 2. The molecule has 0 aliphatic rings. The van der Waals surface area contributed by atoms with E-state index < -0.39 is 22.5 Å². The van der Waals surface area contributed by atoms with Crippen LogP contribution in [0.25, 0.3) is 0 Å². The Morgan fingerprint density at radius 2 is 1.19 bits per heavy atom. The molecule has 3 rings (SSSR count). The van der Waals surface area contributed by atoms with Gasteiger partial charge in [-0.05, 0) is 68.4 Å². The highest BCUT2D eigenvalue weighted by Crippen LogP contribution is 2.34. The monoisotopic (exact) mass is 387 g/mol. The lowest BCUT2D eigenvalue weighted by Gasteiger charge is -2.10. The second kappa shape index (κ2) is 8.91. The zero-order valence-corrected chi connectivity index (χ0v) is 16.1. The van der Waals surface area contributed by atoms with Crippen molar-refractivity contribution < 1.29 is 18.3 Å². The summed E-state index contributed by atoms with van der Waals surface area (Å²) in [5.74, 6) is 0.381. The average Bonchev–Trinajstić information content (AvgIpc) is 2.67. The highest BCUT2D eigenvalue weighted by Gasteiger charge is 2.32. The van der Waals surface area contributed by atoms with Crippen molar-refractivity contribution in [3.63, 3.8) is 0 Å². The van der Waals surface area contributed by atoms with Gasteiger partial charge in [-0.25, -0.2) is 8.78 Å². The van der Waals surface area contributed by atoms with Gasteiger partial charge in [-0.15, -0.1) is 0 Å². The molecule has 27 heavy (non-hydrogen) atoms. The van der Waals surface area contributed by atoms with Crippen LogP contribution in [0.2, 0.25) is 0 Å². The Morgan fingerprint density at radius 1 is 0.704 bits per heavy atom. The predicted octanol–water partition coefficient (Wildman–Crippen LogP) is 5.86. The number of hydrogen-bond acceptors (Lipinski definition) is 2. The zero-order chi connectivity index (χ0) is 19.2. The van der Waals surface area contributed by atoms with Crippen molar-refractivity contribution in [2.75, 3.05) is 13.2 Å². The molecule has 3 aromatic rings. The molecule has 0 aliphatic carbocycles. The third-order valence-electron chi connectivity index (χ3n) is 3.85. The van der Waals surface area contributed by atoms with E-state index in [1.165, 1.54) is 12.1 Å². The average molecular weight is 387 g/mol. The fourth-order valence-electron chi connectivity index (χ4n) is 2.71. The molecule has 0 fully saturated rings. The van der Waals surface area contributed by atoms with Crippen LogP contribution in [0.1, 0.15) is 13.8 Å². The number of hydrogen-bond donors (Lipinski definition) is 0. The Hall–Kier alpha value is -2.53. The summed E-state index contributed by atoms with van der Waals surface area (Å²) < 4.78 is 39.0. The summed E-state index contributed by atoms with van der Waals surface area (Å²) in [4.78, 5) is 2.30. The van der Waals surface area contributed by atoms with E-state index in [4.69, 9.17) is 9.47 Å². The standard InChI is InChI=1S/C22H21F2O2S/c1-3-25-17-6-10-19(11-7-17)27(22-14-5-16(23)15-21(22)24)20-12-8-18(9-13-20)26-4-2/h5-15H,3-4H2,1-2H3/q+1. The second-order valence-electron chi connectivity index (χ2n) is 5.69. The molecule has 0 unspecified atom stereocenters. The van der Waals surface area contributed by atoms with Crippen LogP contribution in [-0.4, -0.2) is 13.2 Å². The fraction of sp³-hybridized carbons (Fsp3) is 0.182. The van der Waals surface area contributed by atoms with Crippen molar-refractivity contribution in [2.45, 2.75) is 28.5 Å². The van der Waals surface area contributed by atoms with Crippen LogP contribution in [-0.2, 0) is 10.9 Å². The van der Waals surface area contributed by atoms with Gasteiger partial charge in [0.2, 0.25) is 4.90 Å². The zero-order valence-electron chi connectivity index (χ0n) is 15.2. The molecule has 0 amide bonds. The largest absolute Gasteiger partial charge is 0.494 e. The van der Waals surface area contributed by atoms with Crippen molar-refractivity contribution in [3.8, 4) is 11.5 Å². The fourth-order valence-corrected chi connectivity index (χ4v) is 4.76. The van der Waals surface area contributed by atoms with E-state index in [-0.39, 0.29) is 0 Å². The van der Waals surface area contributed by atoms with E-state index in [0.717, 1.165) is 27.4 Å². The first-order chi connectivity index (χ1) is 13.1. The lowest BCUT2D eigenvalue weighted by Crippen LogP contribution is -2.07. The minimum atomic E-state index is -0.712. The molecular weight excluding hydrogens is 366 g/mol. The smallest absolute Gasteiger partial charge is 0.202 e. The van der Waals surface area contributed by atoms with Gasteiger partial charge in [0.25, 0.3) is 0 Å². The van der Waals surface area contributed by atoms with E-state index in [2.05, 4.69) is 0 Å². The lowest BCUT2D eigenvalue weighted by atomic mass is 10.3. The molecule has 0 radical (unpaired) electrons. The molecule has 0 heterocycles. The van der Waals surface area contributed by atoms with Crippen LogP contribution in [0, 0.1) is 11.6 Å². The molecule has 0 aliphatic heterocycles. The second-order valence-corrected chi connectivity index (χ2v) is 7.68. The van der Waals surface area contributed by atoms with Crippen LogP contribution < -0.4 is 9.47 Å². The van der Waals surface area contributed by atoms with E-state index in [1.807, 2.05) is 62.4 Å². The summed E-state index contributed by atoms with van der Waals surface area (Å²) >= 11 is 0. The molecule has 0 aromatic heterocycles. The van der Waals surface area contributed by atoms with E-state index in [1.54, 1.807) is 0 Å². The Bertz CT molecular complexity index is 830. The van der Waals surface area contributed by atoms with Crippen LogP contribution in [0.5, 0.6) is 11.5 Å². The molecule has 0 saturated carbocycles. The molecule has 0 atom stereocenters. The minimum absolute atomic E-state index is 0.449. The molecule has 0 saturated heterocycles. The van der Waals surface area contributed by atoms with Crippen molar-refractivity contribution in [3.05, 3.63) is 78.4 Å². The molecular formula is C22H21F2O2S+. The number of benzene rings is 3. The van der Waals surface area contributed by atoms with E-state index in [0.29, 0.717) is 18.1 Å². The van der Waals surface area contributed by atoms with Crippen molar-refractivity contribution in [1.82, 2.24) is 0 Å². The van der Waals surface area contributed by atoms with Crippen molar-refractivity contribution in [1.29, 1.82) is 0 Å². The van der Waals surface area contributed by atoms with Crippen LogP contribution in [0.4, 0.5) is 8.78 Å². The first kappa shape index (κ1) is 19.2. The summed E-state index contributed by atoms with van der Waals surface area (Å²) in [5, 5.41) is 0. The lowest BCUT2D eigenvalue weighted by molar-refractivity contribution is 0.340. The first-order valence-electron chi connectivity index (χ1n) is 8.77. The maximum absolute atomic E-state index is 14.6. The van der Waals surface area contributed by atoms with E-state index in [9.17, 15) is 8.78 Å². The summed E-state index contributed by atoms with van der Waals surface area (Å²) in [7, 11) is -0.712.